The highest BCUT2D eigenvalue weighted by molar-refractivity contribution is 6.21. The summed E-state index contributed by atoms with van der Waals surface area (Å²) in [7, 11) is 0. The van der Waals surface area contributed by atoms with Crippen LogP contribution in [0, 0.1) is 5.21 Å². The van der Waals surface area contributed by atoms with E-state index in [1.807, 2.05) is 0 Å². The molecule has 20 heavy (non-hydrogen) atoms. The van der Waals surface area contributed by atoms with Gasteiger partial charge in [-0.25, -0.2) is 4.90 Å². The smallest absolute Gasteiger partial charge is 0.264 e. The van der Waals surface area contributed by atoms with E-state index in [-0.39, 0.29) is 6.73 Å². The fourth-order valence-corrected chi connectivity index (χ4v) is 2.01. The maximum absolute atomic E-state index is 12.0. The Morgan fingerprint density at radius 1 is 1.20 bits per heavy atom. The van der Waals surface area contributed by atoms with Crippen LogP contribution in [0.3, 0.4) is 0 Å². The van der Waals surface area contributed by atoms with Gasteiger partial charge < -0.3 is 10.0 Å². The molecule has 1 aromatic carbocycles. The molecule has 104 valence electrons. The Balaban J connectivity index is 1.65. The predicted octanol–water partition coefficient (Wildman–Crippen LogP) is 0.755. The van der Waals surface area contributed by atoms with Gasteiger partial charge in [0.15, 0.2) is 0 Å². The normalized spacial score (nSPS) is 18.1. The molecule has 0 aliphatic carbocycles. The molecule has 0 saturated carbocycles. The lowest BCUT2D eigenvalue weighted by atomic mass is 10.1. The Hall–Kier alpha value is -2.64. The first-order valence-electron chi connectivity index (χ1n) is 6.19. The topological polar surface area (TPSA) is 88.3 Å². The van der Waals surface area contributed by atoms with Crippen molar-refractivity contribution >= 4 is 11.8 Å². The molecular formula is C12H12N4O4. The first-order valence-corrected chi connectivity index (χ1v) is 6.19. The molecule has 0 radical (unpaired) electrons. The summed E-state index contributed by atoms with van der Waals surface area (Å²) in [5.74, 6) is -0.885. The Kier molecular flexibility index (Phi) is 2.97. The summed E-state index contributed by atoms with van der Waals surface area (Å²) in [6, 6.07) is 6.52. The second kappa shape index (κ2) is 4.80. The second-order valence-electron chi connectivity index (χ2n) is 4.48. The summed E-state index contributed by atoms with van der Waals surface area (Å²) < 4.78 is 0. The van der Waals surface area contributed by atoms with Crippen molar-refractivity contribution in [1.82, 2.24) is 9.91 Å². The number of nitrogens with zero attached hydrogens (tertiary/aromatic N) is 4. The van der Waals surface area contributed by atoms with Crippen LogP contribution in [-0.2, 0) is 4.84 Å². The average molecular weight is 276 g/mol. The van der Waals surface area contributed by atoms with Gasteiger partial charge in [-0.3, -0.25) is 9.59 Å². The molecule has 2 aliphatic heterocycles. The number of benzene rings is 1. The van der Waals surface area contributed by atoms with Crippen molar-refractivity contribution < 1.29 is 19.4 Å². The minimum Gasteiger partial charge on any atom is -0.569 e. The summed E-state index contributed by atoms with van der Waals surface area (Å²) in [4.78, 5) is 30.0. The molecule has 0 spiro atoms. The molecule has 1 fully saturated rings. The Morgan fingerprint density at radius 2 is 1.80 bits per heavy atom. The van der Waals surface area contributed by atoms with E-state index in [0.717, 1.165) is 11.3 Å². The largest absolute Gasteiger partial charge is 0.569 e. The van der Waals surface area contributed by atoms with Crippen LogP contribution in [0.15, 0.2) is 29.5 Å². The third-order valence-corrected chi connectivity index (χ3v) is 3.27. The summed E-state index contributed by atoms with van der Waals surface area (Å²) >= 11 is 0. The average Bonchev–Trinajstić information content (AvgIpc) is 2.62. The number of amides is 2. The number of imide groups is 1. The van der Waals surface area contributed by atoms with Crippen LogP contribution < -0.4 is 0 Å². The SMILES string of the molecule is O=C1c2ccccc2C(=O)N1CON=[N+]([O-])N1CCC1. The second-order valence-corrected chi connectivity index (χ2v) is 4.48. The molecule has 0 aromatic heterocycles. The van der Waals surface area contributed by atoms with Crippen molar-refractivity contribution in [2.45, 2.75) is 6.42 Å². The first-order chi connectivity index (χ1) is 9.68. The molecule has 2 amide bonds. The maximum Gasteiger partial charge on any atom is 0.264 e. The summed E-state index contributed by atoms with van der Waals surface area (Å²) in [5.41, 5.74) is 0.672. The lowest BCUT2D eigenvalue weighted by molar-refractivity contribution is -0.722. The molecule has 3 rings (SSSR count). The molecule has 0 atom stereocenters. The van der Waals surface area contributed by atoms with E-state index in [1.165, 1.54) is 5.01 Å². The number of rotatable bonds is 4. The van der Waals surface area contributed by atoms with Gasteiger partial charge in [-0.1, -0.05) is 12.1 Å². The highest BCUT2D eigenvalue weighted by Gasteiger charge is 2.35. The van der Waals surface area contributed by atoms with Gasteiger partial charge in [0.25, 0.3) is 11.8 Å². The Bertz CT molecular complexity index is 562. The van der Waals surface area contributed by atoms with Crippen molar-refractivity contribution in [1.29, 1.82) is 0 Å². The number of hydrazine groups is 1. The van der Waals surface area contributed by atoms with Crippen molar-refractivity contribution in [3.8, 4) is 0 Å². The van der Waals surface area contributed by atoms with E-state index in [2.05, 4.69) is 5.28 Å². The highest BCUT2D eigenvalue weighted by atomic mass is 16.7. The summed E-state index contributed by atoms with van der Waals surface area (Å²) in [6.45, 7) is 0.881. The zero-order valence-electron chi connectivity index (χ0n) is 10.6. The van der Waals surface area contributed by atoms with Crippen LogP contribution in [0.1, 0.15) is 27.1 Å². The van der Waals surface area contributed by atoms with Crippen LogP contribution in [0.4, 0.5) is 0 Å². The molecule has 8 nitrogen and oxygen atoms in total. The first kappa shape index (κ1) is 12.4. The molecule has 0 bridgehead atoms. The number of carbonyl (C=O) groups is 2. The van der Waals surface area contributed by atoms with Crippen molar-refractivity contribution in [2.75, 3.05) is 19.8 Å². The molecule has 1 saturated heterocycles. The van der Waals surface area contributed by atoms with Crippen LogP contribution in [0.2, 0.25) is 0 Å². The van der Waals surface area contributed by atoms with E-state index in [0.29, 0.717) is 29.2 Å². The van der Waals surface area contributed by atoms with E-state index in [9.17, 15) is 14.8 Å². The van der Waals surface area contributed by atoms with Gasteiger partial charge in [-0.15, -0.1) is 5.01 Å². The highest BCUT2D eigenvalue weighted by Crippen LogP contribution is 2.22. The Morgan fingerprint density at radius 3 is 2.30 bits per heavy atom. The van der Waals surface area contributed by atoms with Crippen LogP contribution in [-0.4, -0.2) is 46.5 Å². The number of fused-ring (bicyclic) bond motifs is 1. The van der Waals surface area contributed by atoms with Crippen molar-refractivity contribution in [2.24, 2.45) is 5.28 Å². The number of hydrogen-bond acceptors (Lipinski definition) is 5. The fraction of sp³-hybridized carbons (Fsp3) is 0.333. The predicted molar refractivity (Wildman–Crippen MR) is 65.1 cm³/mol. The Labute approximate surface area is 114 Å². The van der Waals surface area contributed by atoms with Crippen LogP contribution >= 0.6 is 0 Å². The van der Waals surface area contributed by atoms with E-state index in [4.69, 9.17) is 4.84 Å². The molecule has 2 heterocycles. The van der Waals surface area contributed by atoms with Gasteiger partial charge in [0.05, 0.1) is 29.2 Å². The monoisotopic (exact) mass is 276 g/mol. The minimum atomic E-state index is -0.442. The van der Waals surface area contributed by atoms with E-state index in [1.54, 1.807) is 24.3 Å². The molecule has 1 aromatic rings. The zero-order valence-corrected chi connectivity index (χ0v) is 10.6. The van der Waals surface area contributed by atoms with Gasteiger partial charge in [-0.2, -0.15) is 0 Å². The van der Waals surface area contributed by atoms with Gasteiger partial charge in [-0.05, 0) is 18.6 Å². The zero-order chi connectivity index (χ0) is 14.1. The number of carbonyl (C=O) groups excluding carboxylic acids is 2. The van der Waals surface area contributed by atoms with Crippen LogP contribution in [0.5, 0.6) is 0 Å². The lowest BCUT2D eigenvalue weighted by Gasteiger charge is -2.24. The van der Waals surface area contributed by atoms with Crippen LogP contribution in [0.25, 0.3) is 0 Å². The number of hydrogen-bond donors (Lipinski definition) is 0. The van der Waals surface area contributed by atoms with E-state index < -0.39 is 11.8 Å². The summed E-state index contributed by atoms with van der Waals surface area (Å²) in [5, 5.41) is 16.1. The van der Waals surface area contributed by atoms with Crippen molar-refractivity contribution in [3.05, 3.63) is 40.6 Å². The molecule has 8 heteroatoms. The van der Waals surface area contributed by atoms with Gasteiger partial charge in [0.1, 0.15) is 0 Å². The van der Waals surface area contributed by atoms with E-state index >= 15 is 0 Å². The fourth-order valence-electron chi connectivity index (χ4n) is 2.01. The maximum atomic E-state index is 12.0. The van der Waals surface area contributed by atoms with Gasteiger partial charge in [0.2, 0.25) is 12.0 Å². The summed E-state index contributed by atoms with van der Waals surface area (Å²) in [6.07, 6.45) is 0.937. The van der Waals surface area contributed by atoms with Gasteiger partial charge in [0, 0.05) is 0 Å². The third-order valence-electron chi connectivity index (χ3n) is 3.27. The third kappa shape index (κ3) is 1.94. The van der Waals surface area contributed by atoms with Gasteiger partial charge >= 0.3 is 0 Å². The standard InChI is InChI=1S/C12H12N4O4/c17-11-9-4-1-2-5-10(9)12(18)15(11)8-20-13-16(19)14-6-3-7-14/h1-2,4-5H,3,6-8H2. The molecule has 0 N–H and O–H groups in total. The molecular weight excluding hydrogens is 264 g/mol. The minimum absolute atomic E-state index is 0.335. The molecule has 2 aliphatic rings. The lowest BCUT2D eigenvalue weighted by Crippen LogP contribution is -2.42. The van der Waals surface area contributed by atoms with Crippen molar-refractivity contribution in [3.63, 3.8) is 0 Å². The molecule has 0 unspecified atom stereocenters. The quantitative estimate of drug-likeness (QED) is 0.350.